The zero-order chi connectivity index (χ0) is 12.6. The first-order valence-corrected chi connectivity index (χ1v) is 7.16. The molecule has 0 spiro atoms. The number of nitrogens with zero attached hydrogens (tertiary/aromatic N) is 2. The molecule has 0 radical (unpaired) electrons. The molecule has 0 aliphatic carbocycles. The molecule has 5 nitrogen and oxygen atoms in total. The topological polar surface area (TPSA) is 85.9 Å². The predicted octanol–water partition coefficient (Wildman–Crippen LogP) is 1.47. The highest BCUT2D eigenvalue weighted by atomic mass is 32.2. The first-order chi connectivity index (χ1) is 7.91. The van der Waals surface area contributed by atoms with Crippen molar-refractivity contribution in [2.24, 2.45) is 5.14 Å². The Hall–Kier alpha value is -1.31. The lowest BCUT2D eigenvalue weighted by atomic mass is 10.2. The summed E-state index contributed by atoms with van der Waals surface area (Å²) in [5.41, 5.74) is 1.08. The Balaban J connectivity index is 2.79. The van der Waals surface area contributed by atoms with Crippen molar-refractivity contribution in [3.63, 3.8) is 0 Å². The SMILES string of the molecule is Cc1sc(C)c(S(N)(=O)=O)c1-c1cnccn1. The largest absolute Gasteiger partial charge is 0.261 e. The van der Waals surface area contributed by atoms with E-state index >= 15 is 0 Å². The van der Waals surface area contributed by atoms with Crippen molar-refractivity contribution in [2.75, 3.05) is 0 Å². The fraction of sp³-hybridized carbons (Fsp3) is 0.200. The molecule has 2 aromatic heterocycles. The van der Waals surface area contributed by atoms with Crippen molar-refractivity contribution in [3.05, 3.63) is 28.3 Å². The summed E-state index contributed by atoms with van der Waals surface area (Å²) in [7, 11) is -3.75. The van der Waals surface area contributed by atoms with Gasteiger partial charge in [-0.05, 0) is 13.8 Å². The predicted molar refractivity (Wildman–Crippen MR) is 66.2 cm³/mol. The number of thiophene rings is 1. The second-order valence-corrected chi connectivity index (χ2v) is 6.48. The van der Waals surface area contributed by atoms with Gasteiger partial charge in [-0.2, -0.15) is 0 Å². The van der Waals surface area contributed by atoms with Crippen LogP contribution < -0.4 is 5.14 Å². The van der Waals surface area contributed by atoms with Crippen LogP contribution >= 0.6 is 11.3 Å². The molecule has 0 bridgehead atoms. The van der Waals surface area contributed by atoms with Crippen LogP contribution in [0.1, 0.15) is 9.75 Å². The van der Waals surface area contributed by atoms with Crippen LogP contribution in [0.3, 0.4) is 0 Å². The fourth-order valence-corrected chi connectivity index (χ4v) is 4.17. The molecular formula is C10H11N3O2S2. The van der Waals surface area contributed by atoms with E-state index in [0.717, 1.165) is 4.88 Å². The minimum absolute atomic E-state index is 0.153. The molecule has 2 heterocycles. The summed E-state index contributed by atoms with van der Waals surface area (Å²) >= 11 is 1.39. The summed E-state index contributed by atoms with van der Waals surface area (Å²) < 4.78 is 23.2. The molecule has 0 aliphatic heterocycles. The molecule has 17 heavy (non-hydrogen) atoms. The van der Waals surface area contributed by atoms with Crippen molar-refractivity contribution >= 4 is 21.4 Å². The molecule has 0 amide bonds. The van der Waals surface area contributed by atoms with Gasteiger partial charge in [-0.3, -0.25) is 9.97 Å². The summed E-state index contributed by atoms with van der Waals surface area (Å²) in [5.74, 6) is 0. The summed E-state index contributed by atoms with van der Waals surface area (Å²) in [6.07, 6.45) is 4.59. The monoisotopic (exact) mass is 269 g/mol. The average molecular weight is 269 g/mol. The van der Waals surface area contributed by atoms with Crippen LogP contribution in [0.5, 0.6) is 0 Å². The Labute approximate surface area is 103 Å². The van der Waals surface area contributed by atoms with Crippen molar-refractivity contribution < 1.29 is 8.42 Å². The standard InChI is InChI=1S/C10H11N3O2S2/c1-6-9(8-5-12-3-4-13-8)10(7(2)16-6)17(11,14)15/h3-5H,1-2H3,(H2,11,14,15). The molecular weight excluding hydrogens is 258 g/mol. The van der Waals surface area contributed by atoms with Crippen LogP contribution in [0.15, 0.2) is 23.5 Å². The van der Waals surface area contributed by atoms with E-state index in [9.17, 15) is 8.42 Å². The van der Waals surface area contributed by atoms with Gasteiger partial charge >= 0.3 is 0 Å². The third-order valence-electron chi connectivity index (χ3n) is 2.31. The molecule has 0 saturated carbocycles. The number of rotatable bonds is 2. The average Bonchev–Trinajstić information content (AvgIpc) is 2.54. The Kier molecular flexibility index (Phi) is 2.98. The summed E-state index contributed by atoms with van der Waals surface area (Å²) in [4.78, 5) is 9.76. The molecule has 2 rings (SSSR count). The van der Waals surface area contributed by atoms with Crippen LogP contribution in [-0.4, -0.2) is 18.4 Å². The molecule has 7 heteroatoms. The molecule has 0 saturated heterocycles. The van der Waals surface area contributed by atoms with Gasteiger partial charge in [0.05, 0.1) is 11.9 Å². The molecule has 2 N–H and O–H groups in total. The number of aromatic nitrogens is 2. The van der Waals surface area contributed by atoms with Gasteiger partial charge in [0.2, 0.25) is 10.0 Å². The Morgan fingerprint density at radius 2 is 1.94 bits per heavy atom. The van der Waals surface area contributed by atoms with Gasteiger partial charge in [-0.1, -0.05) is 0 Å². The maximum atomic E-state index is 11.6. The van der Waals surface area contributed by atoms with Crippen LogP contribution in [0.2, 0.25) is 0 Å². The van der Waals surface area contributed by atoms with Gasteiger partial charge in [0.15, 0.2) is 0 Å². The molecule has 0 aromatic carbocycles. The summed E-state index contributed by atoms with van der Waals surface area (Å²) in [6.45, 7) is 3.58. The minimum Gasteiger partial charge on any atom is -0.261 e. The summed E-state index contributed by atoms with van der Waals surface area (Å²) in [5, 5.41) is 5.24. The molecule has 2 aromatic rings. The quantitative estimate of drug-likeness (QED) is 0.894. The van der Waals surface area contributed by atoms with Gasteiger partial charge in [-0.15, -0.1) is 11.3 Å². The van der Waals surface area contributed by atoms with E-state index in [-0.39, 0.29) is 4.90 Å². The number of primary sulfonamides is 1. The van der Waals surface area contributed by atoms with Gasteiger partial charge in [0.25, 0.3) is 0 Å². The fourth-order valence-electron chi connectivity index (χ4n) is 1.73. The van der Waals surface area contributed by atoms with Crippen molar-refractivity contribution in [1.82, 2.24) is 9.97 Å². The third kappa shape index (κ3) is 2.21. The van der Waals surface area contributed by atoms with E-state index in [0.29, 0.717) is 16.1 Å². The van der Waals surface area contributed by atoms with Crippen molar-refractivity contribution in [3.8, 4) is 11.3 Å². The second kappa shape index (κ2) is 4.17. The van der Waals surface area contributed by atoms with E-state index in [1.54, 1.807) is 6.92 Å². The van der Waals surface area contributed by atoms with Crippen LogP contribution in [0.25, 0.3) is 11.3 Å². The molecule has 0 atom stereocenters. The summed E-state index contributed by atoms with van der Waals surface area (Å²) in [6, 6.07) is 0. The second-order valence-electron chi connectivity index (χ2n) is 3.55. The molecule has 0 aliphatic rings. The normalized spacial score (nSPS) is 11.7. The van der Waals surface area contributed by atoms with E-state index in [1.165, 1.54) is 29.9 Å². The highest BCUT2D eigenvalue weighted by Gasteiger charge is 2.23. The number of hydrogen-bond donors (Lipinski definition) is 1. The van der Waals surface area contributed by atoms with Gasteiger partial charge in [0.1, 0.15) is 4.90 Å². The van der Waals surface area contributed by atoms with E-state index in [1.807, 2.05) is 6.92 Å². The first kappa shape index (κ1) is 12.2. The number of aryl methyl sites for hydroxylation is 2. The van der Waals surface area contributed by atoms with Gasteiger partial charge in [-0.25, -0.2) is 13.6 Å². The maximum absolute atomic E-state index is 11.6. The molecule has 90 valence electrons. The van der Waals surface area contributed by atoms with Crippen LogP contribution in [-0.2, 0) is 10.0 Å². The van der Waals surface area contributed by atoms with Crippen molar-refractivity contribution in [1.29, 1.82) is 0 Å². The minimum atomic E-state index is -3.75. The molecule has 0 fully saturated rings. The smallest absolute Gasteiger partial charge is 0.239 e. The Morgan fingerprint density at radius 3 is 2.47 bits per heavy atom. The van der Waals surface area contributed by atoms with E-state index in [2.05, 4.69) is 9.97 Å². The Morgan fingerprint density at radius 1 is 1.24 bits per heavy atom. The number of hydrogen-bond acceptors (Lipinski definition) is 5. The lowest BCUT2D eigenvalue weighted by molar-refractivity contribution is 0.598. The van der Waals surface area contributed by atoms with Crippen LogP contribution in [0, 0.1) is 13.8 Å². The zero-order valence-corrected chi connectivity index (χ0v) is 11.0. The number of nitrogens with two attached hydrogens (primary N) is 1. The van der Waals surface area contributed by atoms with E-state index in [4.69, 9.17) is 5.14 Å². The number of sulfonamides is 1. The maximum Gasteiger partial charge on any atom is 0.239 e. The Bertz CT molecular complexity index is 648. The molecule has 0 unspecified atom stereocenters. The highest BCUT2D eigenvalue weighted by molar-refractivity contribution is 7.89. The van der Waals surface area contributed by atoms with Crippen LogP contribution in [0.4, 0.5) is 0 Å². The third-order valence-corrected chi connectivity index (χ3v) is 4.54. The highest BCUT2D eigenvalue weighted by Crippen LogP contribution is 2.36. The van der Waals surface area contributed by atoms with Gasteiger partial charge in [0, 0.05) is 27.7 Å². The lowest BCUT2D eigenvalue weighted by Gasteiger charge is -2.03. The van der Waals surface area contributed by atoms with Crippen molar-refractivity contribution in [2.45, 2.75) is 18.7 Å². The van der Waals surface area contributed by atoms with E-state index < -0.39 is 10.0 Å². The zero-order valence-electron chi connectivity index (χ0n) is 9.34. The van der Waals surface area contributed by atoms with Gasteiger partial charge < -0.3 is 0 Å². The first-order valence-electron chi connectivity index (χ1n) is 4.80. The lowest BCUT2D eigenvalue weighted by Crippen LogP contribution is -2.13.